The van der Waals surface area contributed by atoms with Gasteiger partial charge in [0.15, 0.2) is 0 Å². The molecule has 3 rings (SSSR count). The number of nitro benzene ring substituents is 1. The lowest BCUT2D eigenvalue weighted by Gasteiger charge is -2.06. The molecule has 0 saturated heterocycles. The fourth-order valence-electron chi connectivity index (χ4n) is 2.47. The summed E-state index contributed by atoms with van der Waals surface area (Å²) >= 11 is 0. The van der Waals surface area contributed by atoms with Crippen molar-refractivity contribution in [2.45, 2.75) is 18.4 Å². The molecule has 0 unspecified atom stereocenters. The van der Waals surface area contributed by atoms with Crippen LogP contribution in [0.25, 0.3) is 0 Å². The number of nitro groups is 1. The molecule has 154 valence electrons. The molecule has 9 heteroatoms. The van der Waals surface area contributed by atoms with Crippen LogP contribution < -0.4 is 9.57 Å². The molecule has 0 radical (unpaired) electrons. The first-order chi connectivity index (χ1) is 14.3. The number of hydrogen-bond donors (Lipinski definition) is 1. The standard InChI is InChI=1S/C21H19N3O5S/c1-16-2-12-21(13-3-16)30(27,28)23-22-14-17-6-10-20(11-7-17)29-15-18-4-8-19(9-5-18)24(25)26/h2-14,23H,15H2,1H3. The summed E-state index contributed by atoms with van der Waals surface area (Å²) in [7, 11) is -3.72. The van der Waals surface area contributed by atoms with Crippen molar-refractivity contribution < 1.29 is 18.1 Å². The predicted molar refractivity (Wildman–Crippen MR) is 113 cm³/mol. The molecule has 0 fully saturated rings. The number of non-ortho nitro benzene ring substituents is 1. The molecular weight excluding hydrogens is 406 g/mol. The molecule has 1 N–H and O–H groups in total. The van der Waals surface area contributed by atoms with Gasteiger partial charge in [0.2, 0.25) is 0 Å². The van der Waals surface area contributed by atoms with Crippen LogP contribution in [0.4, 0.5) is 5.69 Å². The first kappa shape index (κ1) is 21.0. The van der Waals surface area contributed by atoms with E-state index in [0.29, 0.717) is 11.3 Å². The van der Waals surface area contributed by atoms with Gasteiger partial charge in [0.05, 0.1) is 16.0 Å². The third-order valence-corrected chi connectivity index (χ3v) is 5.39. The van der Waals surface area contributed by atoms with Gasteiger partial charge in [-0.1, -0.05) is 17.7 Å². The summed E-state index contributed by atoms with van der Waals surface area (Å²) in [4.78, 5) is 12.5. The van der Waals surface area contributed by atoms with Crippen molar-refractivity contribution in [3.8, 4) is 5.75 Å². The molecule has 0 aromatic heterocycles. The fraction of sp³-hybridized carbons (Fsp3) is 0.0952. The molecule has 0 aliphatic carbocycles. The van der Waals surface area contributed by atoms with E-state index < -0.39 is 14.9 Å². The topological polar surface area (TPSA) is 111 Å². The maximum Gasteiger partial charge on any atom is 0.276 e. The average Bonchev–Trinajstić information content (AvgIpc) is 2.73. The van der Waals surface area contributed by atoms with E-state index in [-0.39, 0.29) is 17.2 Å². The molecule has 3 aromatic carbocycles. The molecule has 0 atom stereocenters. The van der Waals surface area contributed by atoms with Gasteiger partial charge in [0.1, 0.15) is 12.4 Å². The highest BCUT2D eigenvalue weighted by Crippen LogP contribution is 2.16. The summed E-state index contributed by atoms with van der Waals surface area (Å²) < 4.78 is 30.0. The van der Waals surface area contributed by atoms with E-state index in [1.54, 1.807) is 48.5 Å². The highest BCUT2D eigenvalue weighted by molar-refractivity contribution is 7.89. The van der Waals surface area contributed by atoms with Crippen molar-refractivity contribution in [1.82, 2.24) is 4.83 Å². The number of nitrogens with one attached hydrogen (secondary N) is 1. The molecule has 0 heterocycles. The highest BCUT2D eigenvalue weighted by Gasteiger charge is 2.11. The maximum atomic E-state index is 12.2. The lowest BCUT2D eigenvalue weighted by Crippen LogP contribution is -2.18. The van der Waals surface area contributed by atoms with Gasteiger partial charge >= 0.3 is 0 Å². The minimum absolute atomic E-state index is 0.0281. The molecule has 8 nitrogen and oxygen atoms in total. The number of aryl methyl sites for hydroxylation is 1. The quantitative estimate of drug-likeness (QED) is 0.335. The van der Waals surface area contributed by atoms with Crippen LogP contribution in [0.1, 0.15) is 16.7 Å². The number of ether oxygens (including phenoxy) is 1. The number of hydrazone groups is 1. The van der Waals surface area contributed by atoms with Gasteiger partial charge in [-0.3, -0.25) is 10.1 Å². The van der Waals surface area contributed by atoms with Gasteiger partial charge in [-0.2, -0.15) is 13.5 Å². The smallest absolute Gasteiger partial charge is 0.276 e. The van der Waals surface area contributed by atoms with Crippen molar-refractivity contribution in [1.29, 1.82) is 0 Å². The number of benzene rings is 3. The van der Waals surface area contributed by atoms with Crippen LogP contribution in [0.15, 0.2) is 82.8 Å². The third-order valence-electron chi connectivity index (χ3n) is 4.15. The Labute approximate surface area is 174 Å². The van der Waals surface area contributed by atoms with Crippen molar-refractivity contribution in [3.63, 3.8) is 0 Å². The van der Waals surface area contributed by atoms with E-state index in [1.807, 2.05) is 6.92 Å². The molecule has 30 heavy (non-hydrogen) atoms. The van der Waals surface area contributed by atoms with Gasteiger partial charge < -0.3 is 4.74 Å². The second kappa shape index (κ2) is 9.19. The second-order valence-corrected chi connectivity index (χ2v) is 8.11. The Morgan fingerprint density at radius 2 is 1.63 bits per heavy atom. The van der Waals surface area contributed by atoms with Crippen LogP contribution in [-0.2, 0) is 16.6 Å². The number of hydrogen-bond acceptors (Lipinski definition) is 6. The van der Waals surface area contributed by atoms with Crippen LogP contribution in [0.3, 0.4) is 0 Å². The number of sulfonamides is 1. The van der Waals surface area contributed by atoms with Crippen molar-refractivity contribution in [3.05, 3.63) is 99.6 Å². The van der Waals surface area contributed by atoms with Gasteiger partial charge in [-0.15, -0.1) is 0 Å². The van der Waals surface area contributed by atoms with Crippen LogP contribution in [0.2, 0.25) is 0 Å². The Morgan fingerprint density at radius 3 is 2.23 bits per heavy atom. The first-order valence-electron chi connectivity index (χ1n) is 8.91. The molecule has 0 saturated carbocycles. The van der Waals surface area contributed by atoms with Gasteiger partial charge in [-0.25, -0.2) is 4.83 Å². The number of rotatable bonds is 8. The number of nitrogens with zero attached hydrogens (tertiary/aromatic N) is 2. The SMILES string of the molecule is Cc1ccc(S(=O)(=O)NN=Cc2ccc(OCc3ccc([N+](=O)[O-])cc3)cc2)cc1. The monoisotopic (exact) mass is 425 g/mol. The molecule has 0 aliphatic heterocycles. The van der Waals surface area contributed by atoms with E-state index in [4.69, 9.17) is 4.74 Å². The summed E-state index contributed by atoms with van der Waals surface area (Å²) in [5.41, 5.74) is 2.48. The van der Waals surface area contributed by atoms with Gasteiger partial charge in [0, 0.05) is 12.1 Å². The zero-order valence-electron chi connectivity index (χ0n) is 16.1. The Kier molecular flexibility index (Phi) is 6.43. The largest absolute Gasteiger partial charge is 0.489 e. The molecule has 3 aromatic rings. The maximum absolute atomic E-state index is 12.2. The predicted octanol–water partition coefficient (Wildman–Crippen LogP) is 3.79. The molecule has 0 amide bonds. The van der Waals surface area contributed by atoms with E-state index in [2.05, 4.69) is 9.93 Å². The fourth-order valence-corrected chi connectivity index (χ4v) is 3.26. The first-order valence-corrected chi connectivity index (χ1v) is 10.4. The molecule has 0 spiro atoms. The van der Waals surface area contributed by atoms with Crippen LogP contribution in [0, 0.1) is 17.0 Å². The van der Waals surface area contributed by atoms with Crippen LogP contribution in [0.5, 0.6) is 5.75 Å². The minimum atomic E-state index is -3.72. The Morgan fingerprint density at radius 1 is 1.00 bits per heavy atom. The van der Waals surface area contributed by atoms with E-state index in [0.717, 1.165) is 11.1 Å². The summed E-state index contributed by atoms with van der Waals surface area (Å²) in [5.74, 6) is 0.603. The molecule has 0 aliphatic rings. The summed E-state index contributed by atoms with van der Waals surface area (Å²) in [5, 5.41) is 14.5. The van der Waals surface area contributed by atoms with Crippen molar-refractivity contribution >= 4 is 21.9 Å². The highest BCUT2D eigenvalue weighted by atomic mass is 32.2. The van der Waals surface area contributed by atoms with E-state index >= 15 is 0 Å². The summed E-state index contributed by atoms with van der Waals surface area (Å²) in [6.07, 6.45) is 1.39. The Hall–Kier alpha value is -3.72. The lowest BCUT2D eigenvalue weighted by molar-refractivity contribution is -0.384. The average molecular weight is 425 g/mol. The van der Waals surface area contributed by atoms with Crippen molar-refractivity contribution in [2.24, 2.45) is 5.10 Å². The zero-order chi connectivity index (χ0) is 21.6. The van der Waals surface area contributed by atoms with Gasteiger partial charge in [0.25, 0.3) is 15.7 Å². The minimum Gasteiger partial charge on any atom is -0.489 e. The lowest BCUT2D eigenvalue weighted by atomic mass is 10.2. The molecular formula is C21H19N3O5S. The Balaban J connectivity index is 1.55. The van der Waals surface area contributed by atoms with Gasteiger partial charge in [-0.05, 0) is 66.6 Å². The van der Waals surface area contributed by atoms with Crippen molar-refractivity contribution in [2.75, 3.05) is 0 Å². The second-order valence-electron chi connectivity index (χ2n) is 6.45. The van der Waals surface area contributed by atoms with E-state index in [9.17, 15) is 18.5 Å². The third kappa shape index (κ3) is 5.65. The Bertz CT molecular complexity index is 1140. The molecule has 0 bridgehead atoms. The normalized spacial score (nSPS) is 11.4. The van der Waals surface area contributed by atoms with E-state index in [1.165, 1.54) is 30.5 Å². The summed E-state index contributed by atoms with van der Waals surface area (Å²) in [6.45, 7) is 2.14. The summed E-state index contributed by atoms with van der Waals surface area (Å²) in [6, 6.07) is 19.5. The zero-order valence-corrected chi connectivity index (χ0v) is 16.9. The van der Waals surface area contributed by atoms with Crippen LogP contribution in [-0.4, -0.2) is 19.6 Å². The van der Waals surface area contributed by atoms with Crippen LogP contribution >= 0.6 is 0 Å².